The third kappa shape index (κ3) is 3.57. The van der Waals surface area contributed by atoms with Gasteiger partial charge in [0.15, 0.2) is 0 Å². The van der Waals surface area contributed by atoms with Gasteiger partial charge in [0, 0.05) is 13.0 Å². The number of rotatable bonds is 10. The van der Waals surface area contributed by atoms with Gasteiger partial charge >= 0.3 is 0 Å². The molecule has 1 saturated carbocycles. The molecule has 0 heterocycles. The fraction of sp³-hybridized carbons (Fsp3) is 0.938. The Hall–Kier alpha value is -0.370. The molecule has 1 unspecified atom stereocenters. The molecule has 0 aromatic heterocycles. The zero-order valence-electron chi connectivity index (χ0n) is 12.5. The second kappa shape index (κ2) is 7.93. The lowest BCUT2D eigenvalue weighted by atomic mass is 9.61. The van der Waals surface area contributed by atoms with Gasteiger partial charge in [0.05, 0.1) is 11.5 Å². The molecule has 1 aliphatic carbocycles. The first-order valence-electron chi connectivity index (χ1n) is 7.86. The summed E-state index contributed by atoms with van der Waals surface area (Å²) in [6.45, 7) is 7.31. The quantitative estimate of drug-likeness (QED) is 0.536. The molecule has 1 rings (SSSR count). The summed E-state index contributed by atoms with van der Waals surface area (Å²) in [6, 6.07) is 0. The van der Waals surface area contributed by atoms with Crippen LogP contribution in [0.3, 0.4) is 0 Å². The van der Waals surface area contributed by atoms with Crippen LogP contribution in [0.2, 0.25) is 0 Å². The molecular formula is C16H30O2. The van der Waals surface area contributed by atoms with Gasteiger partial charge in [-0.15, -0.1) is 0 Å². The van der Waals surface area contributed by atoms with Crippen LogP contribution in [0.25, 0.3) is 0 Å². The molecule has 1 atom stereocenters. The summed E-state index contributed by atoms with van der Waals surface area (Å²) in [5.41, 5.74) is -0.137. The molecule has 0 amide bonds. The molecule has 1 aliphatic rings. The van der Waals surface area contributed by atoms with Gasteiger partial charge in [0.2, 0.25) is 0 Å². The number of hydrogen-bond donors (Lipinski definition) is 0. The maximum Gasteiger partial charge on any atom is 0.144 e. The van der Waals surface area contributed by atoms with Gasteiger partial charge in [0.25, 0.3) is 0 Å². The summed E-state index contributed by atoms with van der Waals surface area (Å²) in [4.78, 5) is 11.8. The maximum absolute atomic E-state index is 11.8. The minimum Gasteiger partial charge on any atom is -0.377 e. The van der Waals surface area contributed by atoms with Crippen LogP contribution in [0.5, 0.6) is 0 Å². The van der Waals surface area contributed by atoms with E-state index in [1.807, 2.05) is 0 Å². The van der Waals surface area contributed by atoms with Gasteiger partial charge in [-0.2, -0.15) is 0 Å². The molecule has 0 spiro atoms. The highest BCUT2D eigenvalue weighted by molar-refractivity contribution is 5.92. The second-order valence-electron chi connectivity index (χ2n) is 5.62. The molecule has 0 bridgehead atoms. The topological polar surface area (TPSA) is 26.3 Å². The first kappa shape index (κ1) is 15.7. The largest absolute Gasteiger partial charge is 0.377 e. The van der Waals surface area contributed by atoms with E-state index in [2.05, 4.69) is 20.8 Å². The van der Waals surface area contributed by atoms with Crippen LogP contribution in [0, 0.1) is 5.41 Å². The van der Waals surface area contributed by atoms with Gasteiger partial charge in [-0.3, -0.25) is 4.79 Å². The molecule has 106 valence electrons. The summed E-state index contributed by atoms with van der Waals surface area (Å²) >= 11 is 0. The Morgan fingerprint density at radius 3 is 2.22 bits per heavy atom. The van der Waals surface area contributed by atoms with Crippen LogP contribution in [0.4, 0.5) is 0 Å². The molecule has 0 N–H and O–H groups in total. The summed E-state index contributed by atoms with van der Waals surface area (Å²) in [7, 11) is 0. The van der Waals surface area contributed by atoms with Crippen molar-refractivity contribution in [2.45, 2.75) is 84.7 Å². The van der Waals surface area contributed by atoms with E-state index < -0.39 is 0 Å². The smallest absolute Gasteiger partial charge is 0.144 e. The molecule has 0 aliphatic heterocycles. The fourth-order valence-electron chi connectivity index (χ4n) is 3.04. The molecule has 2 nitrogen and oxygen atoms in total. The van der Waals surface area contributed by atoms with E-state index in [-0.39, 0.29) is 11.5 Å². The Labute approximate surface area is 112 Å². The van der Waals surface area contributed by atoms with Crippen molar-refractivity contribution in [1.82, 2.24) is 0 Å². The van der Waals surface area contributed by atoms with E-state index in [0.29, 0.717) is 12.2 Å². The van der Waals surface area contributed by atoms with Gasteiger partial charge in [-0.1, -0.05) is 52.9 Å². The third-order valence-electron chi connectivity index (χ3n) is 4.62. The van der Waals surface area contributed by atoms with Crippen LogP contribution >= 0.6 is 0 Å². The molecule has 0 aromatic rings. The fourth-order valence-corrected chi connectivity index (χ4v) is 3.04. The predicted octanol–water partition coefficient (Wildman–Crippen LogP) is 4.51. The maximum atomic E-state index is 11.8. The van der Waals surface area contributed by atoms with Crippen LogP contribution in [-0.2, 0) is 9.53 Å². The van der Waals surface area contributed by atoms with Crippen molar-refractivity contribution in [3.05, 3.63) is 0 Å². The Morgan fingerprint density at radius 1 is 1.06 bits per heavy atom. The first-order valence-corrected chi connectivity index (χ1v) is 7.86. The Bertz CT molecular complexity index is 243. The highest BCUT2D eigenvalue weighted by Crippen LogP contribution is 2.45. The second-order valence-corrected chi connectivity index (χ2v) is 5.62. The van der Waals surface area contributed by atoms with Crippen molar-refractivity contribution in [1.29, 1.82) is 0 Å². The van der Waals surface area contributed by atoms with Gasteiger partial charge in [-0.05, 0) is 19.3 Å². The van der Waals surface area contributed by atoms with Crippen molar-refractivity contribution in [2.75, 3.05) is 6.61 Å². The molecule has 0 aromatic carbocycles. The van der Waals surface area contributed by atoms with Crippen LogP contribution in [0.1, 0.15) is 78.6 Å². The number of hydrogen-bond acceptors (Lipinski definition) is 2. The average molecular weight is 254 g/mol. The Morgan fingerprint density at radius 2 is 1.67 bits per heavy atom. The standard InChI is InChI=1S/C16H30O2/c1-4-7-8-9-10-11-12-18-15-13-14(17)16(15,5-2)6-3/h15H,4-13H2,1-3H3. The molecular weight excluding hydrogens is 224 g/mol. The predicted molar refractivity (Wildman–Crippen MR) is 75.8 cm³/mol. The lowest BCUT2D eigenvalue weighted by molar-refractivity contribution is -0.165. The normalized spacial score (nSPS) is 21.9. The van der Waals surface area contributed by atoms with Crippen LogP contribution in [-0.4, -0.2) is 18.5 Å². The molecule has 2 heteroatoms. The minimum absolute atomic E-state index is 0.137. The zero-order chi connectivity index (χ0) is 13.4. The minimum atomic E-state index is -0.137. The summed E-state index contributed by atoms with van der Waals surface area (Å²) in [5.74, 6) is 0.417. The highest BCUT2D eigenvalue weighted by atomic mass is 16.5. The SMILES string of the molecule is CCCCCCCCOC1CC(=O)C1(CC)CC. The van der Waals surface area contributed by atoms with Crippen LogP contribution < -0.4 is 0 Å². The number of carbonyl (C=O) groups is 1. The average Bonchev–Trinajstić information content (AvgIpc) is 2.38. The number of ketones is 1. The van der Waals surface area contributed by atoms with Gasteiger partial charge in [0.1, 0.15) is 5.78 Å². The molecule has 0 saturated heterocycles. The molecule has 18 heavy (non-hydrogen) atoms. The highest BCUT2D eigenvalue weighted by Gasteiger charge is 2.52. The zero-order valence-corrected chi connectivity index (χ0v) is 12.5. The van der Waals surface area contributed by atoms with E-state index in [1.165, 1.54) is 32.1 Å². The monoisotopic (exact) mass is 254 g/mol. The van der Waals surface area contributed by atoms with E-state index in [0.717, 1.165) is 25.9 Å². The number of carbonyl (C=O) groups excluding carboxylic acids is 1. The third-order valence-corrected chi connectivity index (χ3v) is 4.62. The summed E-state index contributed by atoms with van der Waals surface area (Å²) in [6.07, 6.45) is 10.5. The summed E-state index contributed by atoms with van der Waals surface area (Å²) in [5, 5.41) is 0. The van der Waals surface area contributed by atoms with Crippen molar-refractivity contribution in [3.63, 3.8) is 0 Å². The van der Waals surface area contributed by atoms with Crippen molar-refractivity contribution in [3.8, 4) is 0 Å². The van der Waals surface area contributed by atoms with E-state index in [4.69, 9.17) is 4.74 Å². The van der Waals surface area contributed by atoms with E-state index in [1.54, 1.807) is 0 Å². The summed E-state index contributed by atoms with van der Waals surface area (Å²) < 4.78 is 5.93. The number of ether oxygens (including phenoxy) is 1. The molecule has 1 fully saturated rings. The van der Waals surface area contributed by atoms with Crippen molar-refractivity contribution >= 4 is 5.78 Å². The van der Waals surface area contributed by atoms with Crippen molar-refractivity contribution in [2.24, 2.45) is 5.41 Å². The number of unbranched alkanes of at least 4 members (excludes halogenated alkanes) is 5. The van der Waals surface area contributed by atoms with Crippen molar-refractivity contribution < 1.29 is 9.53 Å². The number of Topliss-reactive ketones (excluding diaryl/α,β-unsaturated/α-hetero) is 1. The van der Waals surface area contributed by atoms with Gasteiger partial charge < -0.3 is 4.74 Å². The van der Waals surface area contributed by atoms with Crippen LogP contribution in [0.15, 0.2) is 0 Å². The Balaban J connectivity index is 2.11. The first-order chi connectivity index (χ1) is 8.71. The van der Waals surface area contributed by atoms with Gasteiger partial charge in [-0.25, -0.2) is 0 Å². The van der Waals surface area contributed by atoms with E-state index in [9.17, 15) is 4.79 Å². The lowest BCUT2D eigenvalue weighted by Crippen LogP contribution is -2.54. The lowest BCUT2D eigenvalue weighted by Gasteiger charge is -2.46. The molecule has 0 radical (unpaired) electrons. The Kier molecular flexibility index (Phi) is 6.91. The van der Waals surface area contributed by atoms with E-state index >= 15 is 0 Å².